The molecule has 3 N–H and O–H groups in total. The zero-order valence-electron chi connectivity index (χ0n) is 20.1. The molecule has 4 rings (SSSR count). The second-order valence-corrected chi connectivity index (χ2v) is 12.5. The van der Waals surface area contributed by atoms with Crippen LogP contribution in [0.2, 0.25) is 0 Å². The van der Waals surface area contributed by atoms with Crippen LogP contribution in [0.3, 0.4) is 0 Å². The lowest BCUT2D eigenvalue weighted by atomic mass is 9.44. The van der Waals surface area contributed by atoms with Crippen LogP contribution >= 0.6 is 0 Å². The second-order valence-electron chi connectivity index (χ2n) is 12.5. The number of aliphatic carboxylic acids is 1. The highest BCUT2D eigenvalue weighted by atomic mass is 16.4. The van der Waals surface area contributed by atoms with Crippen LogP contribution in [0.1, 0.15) is 104 Å². The van der Waals surface area contributed by atoms with Crippen LogP contribution in [0.4, 0.5) is 0 Å². The highest BCUT2D eigenvalue weighted by Gasteiger charge is 2.60. The molecule has 0 radical (unpaired) electrons. The molecule has 1 unspecified atom stereocenters. The van der Waals surface area contributed by atoms with Crippen LogP contribution in [-0.4, -0.2) is 33.5 Å². The fraction of sp³-hybridized carbons (Fsp3) is 0.963. The van der Waals surface area contributed by atoms with E-state index in [2.05, 4.69) is 20.8 Å². The molecule has 31 heavy (non-hydrogen) atoms. The van der Waals surface area contributed by atoms with Crippen molar-refractivity contribution in [1.82, 2.24) is 0 Å². The normalized spacial score (nSPS) is 45.1. The predicted octanol–water partition coefficient (Wildman–Crippen LogP) is 5.65. The Morgan fingerprint density at radius 3 is 2.45 bits per heavy atom. The van der Waals surface area contributed by atoms with Gasteiger partial charge in [0.15, 0.2) is 5.60 Å². The second kappa shape index (κ2) is 8.63. The van der Waals surface area contributed by atoms with Gasteiger partial charge in [0.1, 0.15) is 0 Å². The summed E-state index contributed by atoms with van der Waals surface area (Å²) in [5.41, 5.74) is -0.954. The Labute approximate surface area is 189 Å². The molecule has 0 saturated heterocycles. The van der Waals surface area contributed by atoms with E-state index in [1.807, 2.05) is 0 Å². The maximum atomic E-state index is 11.3. The highest BCUT2D eigenvalue weighted by Crippen LogP contribution is 2.68. The molecule has 4 fully saturated rings. The molecule has 0 aromatic rings. The van der Waals surface area contributed by atoms with E-state index in [0.29, 0.717) is 29.1 Å². The van der Waals surface area contributed by atoms with Crippen LogP contribution in [0.15, 0.2) is 0 Å². The summed E-state index contributed by atoms with van der Waals surface area (Å²) in [5.74, 6) is 3.65. The van der Waals surface area contributed by atoms with Gasteiger partial charge in [0.25, 0.3) is 0 Å². The molecule has 0 aliphatic heterocycles. The van der Waals surface area contributed by atoms with Gasteiger partial charge in [0.05, 0.1) is 6.61 Å². The standard InChI is InChI=1S/C27H46O4/c1-18(7-6-15-27(31,17-28)24(29)30)21-11-12-22-20-10-9-19-8-4-5-14-25(19,2)23(20)13-16-26(21,22)3/h18-23,28,31H,4-17H2,1-3H3,(H,29,30)/t18-,19+,20+,21-,22+,23+,25+,26-,27?/m1/s1. The number of carboxylic acids is 1. The molecular formula is C27H46O4. The average Bonchev–Trinajstić information content (AvgIpc) is 3.10. The van der Waals surface area contributed by atoms with E-state index in [0.717, 1.165) is 30.1 Å². The lowest BCUT2D eigenvalue weighted by Crippen LogP contribution is -2.53. The van der Waals surface area contributed by atoms with Crippen LogP contribution in [0.25, 0.3) is 0 Å². The van der Waals surface area contributed by atoms with E-state index in [-0.39, 0.29) is 6.42 Å². The molecular weight excluding hydrogens is 388 g/mol. The smallest absolute Gasteiger partial charge is 0.338 e. The Bertz CT molecular complexity index is 664. The molecule has 0 heterocycles. The van der Waals surface area contributed by atoms with Crippen LogP contribution in [0.5, 0.6) is 0 Å². The van der Waals surface area contributed by atoms with Crippen molar-refractivity contribution in [2.45, 2.75) is 110 Å². The Kier molecular flexibility index (Phi) is 6.55. The first-order valence-electron chi connectivity index (χ1n) is 13.2. The molecule has 178 valence electrons. The van der Waals surface area contributed by atoms with Crippen molar-refractivity contribution in [3.05, 3.63) is 0 Å². The van der Waals surface area contributed by atoms with Gasteiger partial charge >= 0.3 is 5.97 Å². The summed E-state index contributed by atoms with van der Waals surface area (Å²) in [7, 11) is 0. The van der Waals surface area contributed by atoms with Gasteiger partial charge in [-0.1, -0.05) is 40.0 Å². The zero-order valence-corrected chi connectivity index (χ0v) is 20.1. The van der Waals surface area contributed by atoms with Crippen molar-refractivity contribution in [1.29, 1.82) is 0 Å². The van der Waals surface area contributed by atoms with Gasteiger partial charge in [-0.25, -0.2) is 4.79 Å². The number of carboxylic acid groups (broad SMARTS) is 1. The maximum absolute atomic E-state index is 11.3. The van der Waals surface area contributed by atoms with Gasteiger partial charge in [0, 0.05) is 0 Å². The van der Waals surface area contributed by atoms with Gasteiger partial charge in [-0.15, -0.1) is 0 Å². The molecule has 4 saturated carbocycles. The maximum Gasteiger partial charge on any atom is 0.338 e. The first kappa shape index (κ1) is 23.5. The number of hydrogen-bond donors (Lipinski definition) is 3. The number of fused-ring (bicyclic) bond motifs is 5. The van der Waals surface area contributed by atoms with E-state index in [1.54, 1.807) is 0 Å². The number of carbonyl (C=O) groups is 1. The third-order valence-corrected chi connectivity index (χ3v) is 11.3. The largest absolute Gasteiger partial charge is 0.479 e. The Morgan fingerprint density at radius 2 is 1.74 bits per heavy atom. The van der Waals surface area contributed by atoms with Gasteiger partial charge in [-0.3, -0.25) is 0 Å². The van der Waals surface area contributed by atoms with Gasteiger partial charge in [0.2, 0.25) is 0 Å². The van der Waals surface area contributed by atoms with Crippen molar-refractivity contribution in [3.8, 4) is 0 Å². The summed E-state index contributed by atoms with van der Waals surface area (Å²) >= 11 is 0. The first-order chi connectivity index (χ1) is 14.7. The molecule has 0 amide bonds. The first-order valence-corrected chi connectivity index (χ1v) is 13.2. The van der Waals surface area contributed by atoms with Crippen molar-refractivity contribution >= 4 is 5.97 Å². The lowest BCUT2D eigenvalue weighted by Gasteiger charge is -2.61. The Hall–Kier alpha value is -0.610. The third kappa shape index (κ3) is 3.88. The highest BCUT2D eigenvalue weighted by molar-refractivity contribution is 5.77. The molecule has 4 aliphatic rings. The molecule has 4 nitrogen and oxygen atoms in total. The molecule has 4 aliphatic carbocycles. The minimum atomic E-state index is -1.98. The van der Waals surface area contributed by atoms with Gasteiger partial charge in [-0.2, -0.15) is 0 Å². The fourth-order valence-corrected chi connectivity index (χ4v) is 9.44. The minimum Gasteiger partial charge on any atom is -0.479 e. The number of aliphatic hydroxyl groups is 2. The number of hydrogen-bond acceptors (Lipinski definition) is 3. The molecule has 0 aromatic carbocycles. The van der Waals surface area contributed by atoms with E-state index in [1.165, 1.54) is 64.2 Å². The van der Waals surface area contributed by atoms with Crippen molar-refractivity contribution in [2.75, 3.05) is 6.61 Å². The number of rotatable bonds is 7. The Morgan fingerprint density at radius 1 is 1.00 bits per heavy atom. The molecule has 0 spiro atoms. The van der Waals surface area contributed by atoms with Crippen molar-refractivity contribution in [2.24, 2.45) is 46.3 Å². The van der Waals surface area contributed by atoms with Crippen LogP contribution < -0.4 is 0 Å². The van der Waals surface area contributed by atoms with Crippen molar-refractivity contribution < 1.29 is 20.1 Å². The number of aliphatic hydroxyl groups excluding tert-OH is 1. The summed E-state index contributed by atoms with van der Waals surface area (Å²) in [4.78, 5) is 11.3. The summed E-state index contributed by atoms with van der Waals surface area (Å²) in [5, 5.41) is 28.6. The van der Waals surface area contributed by atoms with Crippen molar-refractivity contribution in [3.63, 3.8) is 0 Å². The van der Waals surface area contributed by atoms with E-state index < -0.39 is 18.2 Å². The molecule has 0 aromatic heterocycles. The van der Waals surface area contributed by atoms with E-state index in [9.17, 15) is 20.1 Å². The average molecular weight is 435 g/mol. The molecule has 4 heteroatoms. The molecule has 9 atom stereocenters. The monoisotopic (exact) mass is 434 g/mol. The molecule has 0 bridgehead atoms. The van der Waals surface area contributed by atoms with Gasteiger partial charge in [-0.05, 0) is 111 Å². The topological polar surface area (TPSA) is 77.8 Å². The third-order valence-electron chi connectivity index (χ3n) is 11.3. The van der Waals surface area contributed by atoms with Crippen LogP contribution in [-0.2, 0) is 4.79 Å². The summed E-state index contributed by atoms with van der Waals surface area (Å²) in [6.45, 7) is 6.88. The zero-order chi connectivity index (χ0) is 22.4. The fourth-order valence-electron chi connectivity index (χ4n) is 9.44. The SMILES string of the molecule is C[C@H](CCCC(O)(CO)C(=O)O)[C@H]1CC[C@H]2[C@@H]3CC[C@@H]4CCCC[C@]4(C)[C@H]3CC[C@]12C. The van der Waals surface area contributed by atoms with Crippen LogP contribution in [0, 0.1) is 46.3 Å². The summed E-state index contributed by atoms with van der Waals surface area (Å²) < 4.78 is 0. The Balaban J connectivity index is 1.41. The predicted molar refractivity (Wildman–Crippen MR) is 123 cm³/mol. The lowest BCUT2D eigenvalue weighted by molar-refractivity contribution is -0.163. The minimum absolute atomic E-state index is 0.139. The summed E-state index contributed by atoms with van der Waals surface area (Å²) in [6.07, 6.45) is 15.9. The quantitative estimate of drug-likeness (QED) is 0.484. The van der Waals surface area contributed by atoms with E-state index >= 15 is 0 Å². The van der Waals surface area contributed by atoms with E-state index in [4.69, 9.17) is 0 Å². The van der Waals surface area contributed by atoms with Gasteiger partial charge < -0.3 is 15.3 Å². The summed E-state index contributed by atoms with van der Waals surface area (Å²) in [6, 6.07) is 0.